The molecule has 0 unspecified atom stereocenters. The molecule has 0 spiro atoms. The van der Waals surface area contributed by atoms with Gasteiger partial charge in [0, 0.05) is 29.5 Å². The normalized spacial score (nSPS) is 9.71. The minimum Gasteiger partial charge on any atom is -1.00 e. The molecule has 8 aromatic rings. The number of anilines is 1. The maximum absolute atomic E-state index is 13.1. The Morgan fingerprint density at radius 2 is 1.08 bits per heavy atom. The molecule has 0 aliphatic rings. The second kappa shape index (κ2) is 29.5. The molecule has 0 saturated carbocycles. The van der Waals surface area contributed by atoms with E-state index in [1.165, 1.54) is 24.3 Å². The molecule has 0 atom stereocenters. The number of halogens is 5. The number of hydrogen-bond acceptors (Lipinski definition) is 8. The Labute approximate surface area is 464 Å². The van der Waals surface area contributed by atoms with Gasteiger partial charge in [-0.1, -0.05) is 107 Å². The number of benzene rings is 4. The standard InChI is InChI=1S/C22H17ClFN3.C14H11ClN4.C7H6BrF.CH2O3.CH4.2K.H/c23-19-5-1-2-7-22(19)27-18(13-10-16-8-11-17(24)12-9-16)15-21(26-27)20-6-3-4-14-25-20;15-10-5-1-2-7-13(10)19-14(16)9-12(18-19)11-6-3-4-8-17-11;8-5-6-1-3-7(9)4-2-6;2-1-4-3;;;;/h1-9,11-12,14-15H,10,13H2;1-9H,16H2;1-4H,5H2;1,3H;1H4;;;/q;;;;;2*+1;-1/p-1. The van der Waals surface area contributed by atoms with Crippen LogP contribution in [-0.2, 0) is 27.9 Å². The predicted molar refractivity (Wildman–Crippen MR) is 236 cm³/mol. The Morgan fingerprint density at radius 1 is 0.645 bits per heavy atom. The third-order valence-electron chi connectivity index (χ3n) is 8.23. The fraction of sp³-hybridized carbons (Fsp3) is 0.0889. The van der Waals surface area contributed by atoms with E-state index in [1.807, 2.05) is 102 Å². The van der Waals surface area contributed by atoms with Crippen molar-refractivity contribution in [2.24, 2.45) is 0 Å². The first-order valence-corrected chi connectivity index (χ1v) is 19.6. The van der Waals surface area contributed by atoms with Gasteiger partial charge in [-0.05, 0) is 103 Å². The number of nitrogen functional groups attached to an aromatic ring is 1. The number of carbonyl (C=O) groups excluding carboxylic acids is 1. The van der Waals surface area contributed by atoms with E-state index in [1.54, 1.807) is 41.3 Å². The molecule has 0 bridgehead atoms. The predicted octanol–water partition coefficient (Wildman–Crippen LogP) is 4.59. The summed E-state index contributed by atoms with van der Waals surface area (Å²) in [5, 5.41) is 19.7. The van der Waals surface area contributed by atoms with Gasteiger partial charge in [-0.25, -0.2) is 18.1 Å². The molecule has 0 fully saturated rings. The van der Waals surface area contributed by atoms with Crippen molar-refractivity contribution in [1.82, 2.24) is 29.5 Å². The van der Waals surface area contributed by atoms with Crippen LogP contribution in [0, 0.1) is 11.6 Å². The van der Waals surface area contributed by atoms with Crippen molar-refractivity contribution in [2.75, 3.05) is 5.73 Å². The molecule has 0 aliphatic heterocycles. The van der Waals surface area contributed by atoms with Gasteiger partial charge in [-0.3, -0.25) is 14.8 Å². The molecule has 10 nitrogen and oxygen atoms in total. The SMILES string of the molecule is C.Fc1ccc(CBr)cc1.Fc1ccc(CCc2cc(-c3ccccn3)nn2-c2ccccc2Cl)cc1.Nc1cc(-c2ccccn2)nn1-c1ccccc1Cl.O=CO[O-].[H-].[K+].[K+]. The quantitative estimate of drug-likeness (QED) is 0.0730. The Bertz CT molecular complexity index is 2530. The van der Waals surface area contributed by atoms with Gasteiger partial charge < -0.3 is 17.3 Å². The number of nitrogens with zero attached hydrogens (tertiary/aromatic N) is 6. The molecule has 0 amide bonds. The first-order chi connectivity index (χ1) is 28.7. The van der Waals surface area contributed by atoms with E-state index in [9.17, 15) is 8.78 Å². The fourth-order valence-corrected chi connectivity index (χ4v) is 6.22. The first kappa shape index (κ1) is 55.2. The van der Waals surface area contributed by atoms with Crippen molar-refractivity contribution in [2.45, 2.75) is 25.6 Å². The number of alkyl halides is 1. The van der Waals surface area contributed by atoms with Crippen molar-refractivity contribution in [3.63, 3.8) is 0 Å². The fourth-order valence-electron chi connectivity index (χ4n) is 5.42. The maximum Gasteiger partial charge on any atom is 1.00 e. The molecule has 0 radical (unpaired) electrons. The Hall–Kier alpha value is -2.98. The zero-order valence-corrected chi connectivity index (χ0v) is 42.4. The van der Waals surface area contributed by atoms with E-state index < -0.39 is 0 Å². The average Bonchev–Trinajstić information content (AvgIpc) is 3.89. The summed E-state index contributed by atoms with van der Waals surface area (Å²) in [6, 6.07) is 43.3. The van der Waals surface area contributed by atoms with E-state index in [4.69, 9.17) is 44.1 Å². The zero-order chi connectivity index (χ0) is 42.0. The van der Waals surface area contributed by atoms with Crippen LogP contribution in [0.25, 0.3) is 34.2 Å². The van der Waals surface area contributed by atoms with Gasteiger partial charge in [-0.15, -0.1) is 0 Å². The summed E-state index contributed by atoms with van der Waals surface area (Å²) in [5.74, 6) is 0.116. The number of aromatic nitrogens is 6. The maximum atomic E-state index is 13.1. The molecular weight excluding hydrogens is 954 g/mol. The van der Waals surface area contributed by atoms with E-state index in [-0.39, 0.29) is 130 Å². The minimum absolute atomic E-state index is 0. The van der Waals surface area contributed by atoms with Crippen LogP contribution in [0.1, 0.15) is 25.7 Å². The monoisotopic (exact) mass is 991 g/mol. The molecule has 4 heterocycles. The van der Waals surface area contributed by atoms with Gasteiger partial charge >= 0.3 is 103 Å². The summed E-state index contributed by atoms with van der Waals surface area (Å²) in [4.78, 5) is 19.9. The largest absolute Gasteiger partial charge is 1.00 e. The number of hydrogen-bond donors (Lipinski definition) is 1. The molecule has 0 aliphatic carbocycles. The van der Waals surface area contributed by atoms with Crippen LogP contribution in [0.15, 0.2) is 158 Å². The van der Waals surface area contributed by atoms with Gasteiger partial charge in [0.25, 0.3) is 6.47 Å². The van der Waals surface area contributed by atoms with E-state index >= 15 is 0 Å². The number of carbonyl (C=O) groups is 1. The van der Waals surface area contributed by atoms with Gasteiger partial charge in [0.15, 0.2) is 0 Å². The average molecular weight is 994 g/mol. The first-order valence-electron chi connectivity index (χ1n) is 17.7. The summed E-state index contributed by atoms with van der Waals surface area (Å²) >= 11 is 15.8. The molecule has 8 rings (SSSR count). The van der Waals surface area contributed by atoms with Crippen LogP contribution in [-0.4, -0.2) is 36.0 Å². The molecule has 62 heavy (non-hydrogen) atoms. The number of rotatable bonds is 9. The van der Waals surface area contributed by atoms with Crippen LogP contribution < -0.4 is 114 Å². The van der Waals surface area contributed by atoms with Crippen LogP contribution in [0.4, 0.5) is 14.6 Å². The van der Waals surface area contributed by atoms with Crippen LogP contribution in [0.5, 0.6) is 0 Å². The summed E-state index contributed by atoms with van der Waals surface area (Å²) in [6.45, 7) is -0.181. The molecule has 4 aromatic carbocycles. The smallest absolute Gasteiger partial charge is 1.00 e. The molecule has 4 aromatic heterocycles. The van der Waals surface area contributed by atoms with E-state index in [2.05, 4.69) is 35.9 Å². The van der Waals surface area contributed by atoms with Crippen molar-refractivity contribution in [3.8, 4) is 34.2 Å². The van der Waals surface area contributed by atoms with E-state index in [0.717, 1.165) is 69.1 Å². The topological polar surface area (TPSA) is 137 Å². The van der Waals surface area contributed by atoms with Gasteiger partial charge in [-0.2, -0.15) is 10.2 Å². The second-order valence-corrected chi connectivity index (χ2v) is 13.6. The summed E-state index contributed by atoms with van der Waals surface area (Å²) in [5.41, 5.74) is 13.9. The summed E-state index contributed by atoms with van der Waals surface area (Å²) < 4.78 is 28.8. The second-order valence-electron chi connectivity index (χ2n) is 12.2. The summed E-state index contributed by atoms with van der Waals surface area (Å²) in [6.07, 6.45) is 5.00. The number of para-hydroxylation sites is 2. The van der Waals surface area contributed by atoms with Crippen LogP contribution in [0.3, 0.4) is 0 Å². The number of nitrogens with two attached hydrogens (primary N) is 1. The Morgan fingerprint density at radius 3 is 1.53 bits per heavy atom. The molecule has 0 saturated heterocycles. The minimum atomic E-state index is -0.225. The Balaban J connectivity index is 0.000000481. The van der Waals surface area contributed by atoms with Crippen molar-refractivity contribution in [3.05, 3.63) is 196 Å². The summed E-state index contributed by atoms with van der Waals surface area (Å²) in [7, 11) is 0. The van der Waals surface area contributed by atoms with Crippen LogP contribution in [0.2, 0.25) is 10.0 Å². The zero-order valence-electron chi connectivity index (χ0n) is 34.1. The van der Waals surface area contributed by atoms with Crippen molar-refractivity contribution in [1.29, 1.82) is 0 Å². The number of aryl methyl sites for hydroxylation is 2. The van der Waals surface area contributed by atoms with Gasteiger partial charge in [0.2, 0.25) is 0 Å². The Kier molecular flexibility index (Phi) is 26.2. The third-order valence-corrected chi connectivity index (χ3v) is 9.51. The molecular formula is C45H40BrCl2F2K2N7O3. The van der Waals surface area contributed by atoms with Gasteiger partial charge in [0.1, 0.15) is 28.8 Å². The molecule has 2 N–H and O–H groups in total. The van der Waals surface area contributed by atoms with Crippen molar-refractivity contribution >= 4 is 51.4 Å². The van der Waals surface area contributed by atoms with Crippen LogP contribution >= 0.6 is 39.1 Å². The molecule has 17 heteroatoms. The van der Waals surface area contributed by atoms with Crippen molar-refractivity contribution < 1.29 is 128 Å². The molecule has 310 valence electrons. The number of pyridine rings is 2. The third kappa shape index (κ3) is 16.9. The van der Waals surface area contributed by atoms with Gasteiger partial charge in [0.05, 0.1) is 32.8 Å². The van der Waals surface area contributed by atoms with E-state index in [0.29, 0.717) is 15.9 Å².